The number of benzene rings is 1. The summed E-state index contributed by atoms with van der Waals surface area (Å²) in [5, 5.41) is 0. The molecule has 0 aliphatic carbocycles. The minimum atomic E-state index is -0.363. The lowest BCUT2D eigenvalue weighted by molar-refractivity contribution is -0.157. The van der Waals surface area contributed by atoms with Gasteiger partial charge in [0.15, 0.2) is 0 Å². The Morgan fingerprint density at radius 2 is 1.64 bits per heavy atom. The van der Waals surface area contributed by atoms with E-state index >= 15 is 0 Å². The maximum absolute atomic E-state index is 12.1. The molecule has 2 amide bonds. The van der Waals surface area contributed by atoms with Gasteiger partial charge in [0.2, 0.25) is 0 Å². The van der Waals surface area contributed by atoms with Crippen LogP contribution in [0.15, 0.2) is 30.3 Å². The number of hydrogen-bond donors (Lipinski definition) is 0. The molecule has 5 heteroatoms. The summed E-state index contributed by atoms with van der Waals surface area (Å²) < 4.78 is 0. The molecule has 0 spiro atoms. The fourth-order valence-electron chi connectivity index (χ4n) is 3.33. The van der Waals surface area contributed by atoms with Crippen LogP contribution in [0, 0.1) is 0 Å². The molecular weight excluding hydrogens is 278 g/mol. The van der Waals surface area contributed by atoms with E-state index in [1.165, 1.54) is 10.5 Å². The molecular formula is C17H23N3O2. The highest BCUT2D eigenvalue weighted by Crippen LogP contribution is 2.20. The van der Waals surface area contributed by atoms with Gasteiger partial charge in [-0.25, -0.2) is 0 Å². The van der Waals surface area contributed by atoms with E-state index in [9.17, 15) is 9.59 Å². The zero-order valence-electron chi connectivity index (χ0n) is 13.1. The summed E-state index contributed by atoms with van der Waals surface area (Å²) in [6.07, 6.45) is 1.91. The molecule has 118 valence electrons. The van der Waals surface area contributed by atoms with Gasteiger partial charge in [-0.05, 0) is 18.4 Å². The summed E-state index contributed by atoms with van der Waals surface area (Å²) in [7, 11) is 1.69. The van der Waals surface area contributed by atoms with Gasteiger partial charge >= 0.3 is 11.8 Å². The lowest BCUT2D eigenvalue weighted by Gasteiger charge is -2.41. The fourth-order valence-corrected chi connectivity index (χ4v) is 3.33. The maximum Gasteiger partial charge on any atom is 0.312 e. The monoisotopic (exact) mass is 301 g/mol. The van der Waals surface area contributed by atoms with Gasteiger partial charge in [-0.3, -0.25) is 14.5 Å². The van der Waals surface area contributed by atoms with Crippen molar-refractivity contribution in [2.75, 3.05) is 33.2 Å². The van der Waals surface area contributed by atoms with E-state index in [4.69, 9.17) is 0 Å². The van der Waals surface area contributed by atoms with Crippen molar-refractivity contribution in [3.05, 3.63) is 35.9 Å². The van der Waals surface area contributed by atoms with Crippen molar-refractivity contribution in [1.82, 2.24) is 14.7 Å². The summed E-state index contributed by atoms with van der Waals surface area (Å²) in [5.74, 6) is -0.687. The van der Waals surface area contributed by atoms with Gasteiger partial charge in [0.1, 0.15) is 0 Å². The molecule has 5 nitrogen and oxygen atoms in total. The van der Waals surface area contributed by atoms with Crippen molar-refractivity contribution in [3.63, 3.8) is 0 Å². The highest BCUT2D eigenvalue weighted by molar-refractivity contribution is 6.35. The normalized spacial score (nSPS) is 21.5. The van der Waals surface area contributed by atoms with Crippen molar-refractivity contribution in [1.29, 1.82) is 0 Å². The Kier molecular flexibility index (Phi) is 4.43. The highest BCUT2D eigenvalue weighted by Gasteiger charge is 2.35. The third-order valence-corrected chi connectivity index (χ3v) is 4.71. The first-order valence-corrected chi connectivity index (χ1v) is 7.97. The van der Waals surface area contributed by atoms with Crippen LogP contribution in [-0.2, 0) is 16.1 Å². The molecule has 0 bridgehead atoms. The van der Waals surface area contributed by atoms with Gasteiger partial charge in [0.05, 0.1) is 0 Å². The highest BCUT2D eigenvalue weighted by atomic mass is 16.2. The van der Waals surface area contributed by atoms with Crippen LogP contribution in [0.1, 0.15) is 18.4 Å². The number of piperidine rings is 1. The first kappa shape index (κ1) is 15.0. The molecule has 0 N–H and O–H groups in total. The topological polar surface area (TPSA) is 43.9 Å². The van der Waals surface area contributed by atoms with Crippen molar-refractivity contribution in [2.24, 2.45) is 0 Å². The van der Waals surface area contributed by atoms with Crippen LogP contribution in [0.5, 0.6) is 0 Å². The van der Waals surface area contributed by atoms with E-state index in [0.717, 1.165) is 32.5 Å². The number of hydrogen-bond acceptors (Lipinski definition) is 3. The van der Waals surface area contributed by atoms with Crippen molar-refractivity contribution < 1.29 is 9.59 Å². The van der Waals surface area contributed by atoms with Gasteiger partial charge < -0.3 is 9.80 Å². The summed E-state index contributed by atoms with van der Waals surface area (Å²) in [5.41, 5.74) is 1.33. The summed E-state index contributed by atoms with van der Waals surface area (Å²) in [6.45, 7) is 4.24. The molecule has 0 unspecified atom stereocenters. The number of carbonyl (C=O) groups excluding carboxylic acids is 2. The molecule has 22 heavy (non-hydrogen) atoms. The summed E-state index contributed by atoms with van der Waals surface area (Å²) >= 11 is 0. The van der Waals surface area contributed by atoms with Crippen LogP contribution >= 0.6 is 0 Å². The Bertz CT molecular complexity index is 538. The van der Waals surface area contributed by atoms with Crippen LogP contribution in [0.3, 0.4) is 0 Å². The zero-order valence-corrected chi connectivity index (χ0v) is 13.1. The van der Waals surface area contributed by atoms with E-state index in [-0.39, 0.29) is 17.9 Å². The third-order valence-electron chi connectivity index (χ3n) is 4.71. The van der Waals surface area contributed by atoms with Crippen LogP contribution in [0.4, 0.5) is 0 Å². The zero-order chi connectivity index (χ0) is 15.5. The first-order chi connectivity index (χ1) is 10.6. The van der Waals surface area contributed by atoms with Gasteiger partial charge in [0, 0.05) is 45.8 Å². The number of likely N-dealkylation sites (tertiary alicyclic amines) is 1. The molecule has 2 saturated heterocycles. The van der Waals surface area contributed by atoms with Crippen molar-refractivity contribution in [3.8, 4) is 0 Å². The molecule has 2 aliphatic heterocycles. The van der Waals surface area contributed by atoms with Crippen LogP contribution < -0.4 is 0 Å². The molecule has 0 radical (unpaired) electrons. The minimum Gasteiger partial charge on any atom is -0.336 e. The molecule has 1 aromatic rings. The second-order valence-corrected chi connectivity index (χ2v) is 6.22. The van der Waals surface area contributed by atoms with Gasteiger partial charge in [-0.2, -0.15) is 0 Å². The Morgan fingerprint density at radius 3 is 2.32 bits per heavy atom. The third kappa shape index (κ3) is 3.14. The number of likely N-dealkylation sites (N-methyl/N-ethyl adjacent to an activating group) is 1. The van der Waals surface area contributed by atoms with E-state index in [1.54, 1.807) is 11.9 Å². The van der Waals surface area contributed by atoms with Crippen LogP contribution in [0.2, 0.25) is 0 Å². The second-order valence-electron chi connectivity index (χ2n) is 6.22. The summed E-state index contributed by atoms with van der Waals surface area (Å²) in [4.78, 5) is 29.7. The molecule has 2 fully saturated rings. The Labute approximate surface area is 131 Å². The van der Waals surface area contributed by atoms with E-state index < -0.39 is 0 Å². The average molecular weight is 301 g/mol. The van der Waals surface area contributed by atoms with Crippen LogP contribution in [-0.4, -0.2) is 65.8 Å². The van der Waals surface area contributed by atoms with Crippen molar-refractivity contribution >= 4 is 11.8 Å². The van der Waals surface area contributed by atoms with Gasteiger partial charge in [0.25, 0.3) is 0 Å². The maximum atomic E-state index is 12.1. The standard InChI is InChI=1S/C17H23N3O2/c1-18-11-12-20(17(22)16(18)21)15-7-9-19(10-8-15)13-14-5-3-2-4-6-14/h2-6,15H,7-13H2,1H3. The Balaban J connectivity index is 1.53. The van der Waals surface area contributed by atoms with Gasteiger partial charge in [-0.1, -0.05) is 30.3 Å². The van der Waals surface area contributed by atoms with E-state index in [1.807, 2.05) is 6.07 Å². The molecule has 3 rings (SSSR count). The fraction of sp³-hybridized carbons (Fsp3) is 0.529. The van der Waals surface area contributed by atoms with Crippen molar-refractivity contribution in [2.45, 2.75) is 25.4 Å². The number of amides is 2. The molecule has 0 aromatic heterocycles. The predicted molar refractivity (Wildman–Crippen MR) is 84.1 cm³/mol. The molecule has 0 saturated carbocycles. The molecule has 0 atom stereocenters. The second kappa shape index (κ2) is 6.48. The quantitative estimate of drug-likeness (QED) is 0.781. The number of rotatable bonds is 3. The number of piperazine rings is 1. The molecule has 2 aliphatic rings. The largest absolute Gasteiger partial charge is 0.336 e. The Morgan fingerprint density at radius 1 is 0.955 bits per heavy atom. The lowest BCUT2D eigenvalue weighted by atomic mass is 10.0. The summed E-state index contributed by atoms with van der Waals surface area (Å²) in [6, 6.07) is 10.7. The molecule has 2 heterocycles. The van der Waals surface area contributed by atoms with Crippen LogP contribution in [0.25, 0.3) is 0 Å². The lowest BCUT2D eigenvalue weighted by Crippen LogP contribution is -2.57. The Hall–Kier alpha value is -1.88. The van der Waals surface area contributed by atoms with E-state index in [2.05, 4.69) is 29.2 Å². The van der Waals surface area contributed by atoms with E-state index in [0.29, 0.717) is 13.1 Å². The smallest absolute Gasteiger partial charge is 0.312 e. The van der Waals surface area contributed by atoms with Gasteiger partial charge in [-0.15, -0.1) is 0 Å². The number of nitrogens with zero attached hydrogens (tertiary/aromatic N) is 3. The number of carbonyl (C=O) groups is 2. The average Bonchev–Trinajstić information content (AvgIpc) is 2.55. The first-order valence-electron chi connectivity index (χ1n) is 7.97. The SMILES string of the molecule is CN1CCN(C2CCN(Cc3ccccc3)CC2)C(=O)C1=O. The molecule has 1 aromatic carbocycles. The predicted octanol–water partition coefficient (Wildman–Crippen LogP) is 0.952. The minimum absolute atomic E-state index is 0.220.